The zero-order chi connectivity index (χ0) is 10.8. The normalized spacial score (nSPS) is 20.6. The van der Waals surface area contributed by atoms with Gasteiger partial charge in [0.2, 0.25) is 5.89 Å². The highest BCUT2D eigenvalue weighted by Gasteiger charge is 2.22. The van der Waals surface area contributed by atoms with Gasteiger partial charge in [-0.25, -0.2) is 0 Å². The van der Waals surface area contributed by atoms with Crippen molar-refractivity contribution in [3.8, 4) is 0 Å². The Labute approximate surface area is 93.0 Å². The van der Waals surface area contributed by atoms with Crippen molar-refractivity contribution >= 4 is 17.6 Å². The van der Waals surface area contributed by atoms with E-state index in [0.717, 1.165) is 25.9 Å². The van der Waals surface area contributed by atoms with E-state index in [-0.39, 0.29) is 11.5 Å². The highest BCUT2D eigenvalue weighted by molar-refractivity contribution is 6.20. The van der Waals surface area contributed by atoms with E-state index >= 15 is 0 Å². The van der Waals surface area contributed by atoms with E-state index in [9.17, 15) is 5.11 Å². The average molecular weight is 232 g/mol. The van der Waals surface area contributed by atoms with E-state index in [1.54, 1.807) is 6.92 Å². The second kappa shape index (κ2) is 4.37. The van der Waals surface area contributed by atoms with E-state index in [0.29, 0.717) is 11.9 Å². The first-order valence-corrected chi connectivity index (χ1v) is 5.51. The fourth-order valence-corrected chi connectivity index (χ4v) is 1.66. The first-order chi connectivity index (χ1) is 7.16. The Morgan fingerprint density at radius 1 is 1.47 bits per heavy atom. The minimum Gasteiger partial charge on any atom is -0.406 e. The van der Waals surface area contributed by atoms with Crippen LogP contribution in [0.3, 0.4) is 0 Å². The lowest BCUT2D eigenvalue weighted by Crippen LogP contribution is -2.35. The van der Waals surface area contributed by atoms with Crippen molar-refractivity contribution in [2.24, 2.45) is 0 Å². The molecule has 1 N–H and O–H groups in total. The van der Waals surface area contributed by atoms with Crippen LogP contribution in [-0.4, -0.2) is 34.5 Å². The van der Waals surface area contributed by atoms with Crippen LogP contribution in [0.4, 0.5) is 6.01 Å². The fourth-order valence-electron chi connectivity index (χ4n) is 1.57. The zero-order valence-corrected chi connectivity index (χ0v) is 9.31. The summed E-state index contributed by atoms with van der Waals surface area (Å²) in [5.74, 6) is 0.442. The number of aliphatic hydroxyl groups is 1. The summed E-state index contributed by atoms with van der Waals surface area (Å²) in [7, 11) is 0. The van der Waals surface area contributed by atoms with Crippen LogP contribution in [0.5, 0.6) is 0 Å². The maximum atomic E-state index is 9.35. The number of hydrogen-bond acceptors (Lipinski definition) is 5. The Hall–Kier alpha value is -0.810. The van der Waals surface area contributed by atoms with Crippen LogP contribution in [0.15, 0.2) is 4.42 Å². The number of anilines is 1. The number of hydrogen-bond donors (Lipinski definition) is 1. The Morgan fingerprint density at radius 3 is 2.67 bits per heavy atom. The molecule has 0 bridgehead atoms. The molecule has 1 aliphatic heterocycles. The molecule has 2 heterocycles. The highest BCUT2D eigenvalue weighted by atomic mass is 35.5. The number of halogens is 1. The van der Waals surface area contributed by atoms with Crippen molar-refractivity contribution in [2.75, 3.05) is 18.0 Å². The molecule has 0 aliphatic carbocycles. The van der Waals surface area contributed by atoms with Gasteiger partial charge in [0.1, 0.15) is 5.38 Å². The third kappa shape index (κ3) is 2.41. The van der Waals surface area contributed by atoms with Crippen molar-refractivity contribution in [3.63, 3.8) is 0 Å². The molecule has 0 radical (unpaired) electrons. The molecule has 1 saturated heterocycles. The Kier molecular flexibility index (Phi) is 3.11. The van der Waals surface area contributed by atoms with Gasteiger partial charge in [-0.2, -0.15) is 0 Å². The number of alkyl halides is 1. The maximum absolute atomic E-state index is 9.35. The predicted octanol–water partition coefficient (Wildman–Crippen LogP) is 1.33. The lowest BCUT2D eigenvalue weighted by Gasteiger charge is -2.27. The van der Waals surface area contributed by atoms with Gasteiger partial charge in [-0.15, -0.1) is 16.7 Å². The van der Waals surface area contributed by atoms with Gasteiger partial charge in [0.05, 0.1) is 6.10 Å². The highest BCUT2D eigenvalue weighted by Crippen LogP contribution is 2.23. The van der Waals surface area contributed by atoms with Gasteiger partial charge in [0.15, 0.2) is 0 Å². The quantitative estimate of drug-likeness (QED) is 0.778. The molecule has 0 saturated carbocycles. The van der Waals surface area contributed by atoms with Crippen LogP contribution in [0, 0.1) is 0 Å². The molecule has 1 unspecified atom stereocenters. The molecule has 5 nitrogen and oxygen atoms in total. The molecule has 0 aromatic carbocycles. The number of rotatable bonds is 2. The van der Waals surface area contributed by atoms with Gasteiger partial charge >= 0.3 is 6.01 Å². The molecule has 1 aromatic rings. The summed E-state index contributed by atoms with van der Waals surface area (Å²) < 4.78 is 5.41. The molecule has 84 valence electrons. The molecular weight excluding hydrogens is 218 g/mol. The first-order valence-electron chi connectivity index (χ1n) is 5.07. The van der Waals surface area contributed by atoms with E-state index in [1.807, 2.05) is 4.90 Å². The van der Waals surface area contributed by atoms with Gasteiger partial charge in [0.25, 0.3) is 0 Å². The monoisotopic (exact) mass is 231 g/mol. The largest absolute Gasteiger partial charge is 0.406 e. The predicted molar refractivity (Wildman–Crippen MR) is 56.0 cm³/mol. The number of aliphatic hydroxyl groups excluding tert-OH is 1. The zero-order valence-electron chi connectivity index (χ0n) is 8.56. The topological polar surface area (TPSA) is 62.4 Å². The smallest absolute Gasteiger partial charge is 0.318 e. The van der Waals surface area contributed by atoms with E-state index in [2.05, 4.69) is 10.2 Å². The SMILES string of the molecule is CC(Cl)c1nnc(N2CCC(O)CC2)o1. The summed E-state index contributed by atoms with van der Waals surface area (Å²) in [6.07, 6.45) is 1.29. The third-order valence-corrected chi connectivity index (χ3v) is 2.69. The minimum absolute atomic E-state index is 0.199. The minimum atomic E-state index is -0.262. The second-order valence-electron chi connectivity index (χ2n) is 3.76. The summed E-state index contributed by atoms with van der Waals surface area (Å²) in [6, 6.07) is 0.504. The average Bonchev–Trinajstić information content (AvgIpc) is 2.68. The summed E-state index contributed by atoms with van der Waals surface area (Å²) >= 11 is 5.82. The Bertz CT molecular complexity index is 321. The number of aromatic nitrogens is 2. The molecule has 0 spiro atoms. The molecule has 1 atom stereocenters. The van der Waals surface area contributed by atoms with Crippen molar-refractivity contribution in [2.45, 2.75) is 31.2 Å². The number of nitrogens with zero attached hydrogens (tertiary/aromatic N) is 3. The van der Waals surface area contributed by atoms with Crippen LogP contribution in [0.1, 0.15) is 31.0 Å². The molecular formula is C9H14ClN3O2. The lowest BCUT2D eigenvalue weighted by molar-refractivity contribution is 0.144. The Balaban J connectivity index is 2.03. The van der Waals surface area contributed by atoms with E-state index in [4.69, 9.17) is 16.0 Å². The van der Waals surface area contributed by atoms with Crippen LogP contribution >= 0.6 is 11.6 Å². The molecule has 1 aliphatic rings. The summed E-state index contributed by atoms with van der Waals surface area (Å²) in [4.78, 5) is 1.97. The van der Waals surface area contributed by atoms with Crippen molar-refractivity contribution in [1.82, 2.24) is 10.2 Å². The second-order valence-corrected chi connectivity index (χ2v) is 4.41. The molecule has 6 heteroatoms. The first kappa shape index (κ1) is 10.7. The fraction of sp³-hybridized carbons (Fsp3) is 0.778. The van der Waals surface area contributed by atoms with Gasteiger partial charge in [-0.1, -0.05) is 5.10 Å². The molecule has 0 amide bonds. The molecule has 1 fully saturated rings. The summed E-state index contributed by atoms with van der Waals surface area (Å²) in [5.41, 5.74) is 0. The molecule has 15 heavy (non-hydrogen) atoms. The van der Waals surface area contributed by atoms with Gasteiger partial charge in [-0.05, 0) is 19.8 Å². The van der Waals surface area contributed by atoms with Gasteiger partial charge < -0.3 is 14.4 Å². The van der Waals surface area contributed by atoms with Crippen molar-refractivity contribution in [3.05, 3.63) is 5.89 Å². The van der Waals surface area contributed by atoms with Crippen LogP contribution in [-0.2, 0) is 0 Å². The van der Waals surface area contributed by atoms with Crippen molar-refractivity contribution < 1.29 is 9.52 Å². The summed E-state index contributed by atoms with van der Waals surface area (Å²) in [6.45, 7) is 3.29. The lowest BCUT2D eigenvalue weighted by atomic mass is 10.1. The maximum Gasteiger partial charge on any atom is 0.318 e. The molecule has 2 rings (SSSR count). The van der Waals surface area contributed by atoms with Gasteiger partial charge in [0, 0.05) is 13.1 Å². The van der Waals surface area contributed by atoms with Crippen LogP contribution in [0.2, 0.25) is 0 Å². The standard InChI is InChI=1S/C9H14ClN3O2/c1-6(10)8-11-12-9(15-8)13-4-2-7(14)3-5-13/h6-7,14H,2-5H2,1H3. The Morgan fingerprint density at radius 2 is 2.13 bits per heavy atom. The van der Waals surface area contributed by atoms with Crippen LogP contribution < -0.4 is 4.90 Å². The van der Waals surface area contributed by atoms with Crippen LogP contribution in [0.25, 0.3) is 0 Å². The molecule has 1 aromatic heterocycles. The van der Waals surface area contributed by atoms with E-state index in [1.165, 1.54) is 0 Å². The third-order valence-electron chi connectivity index (χ3n) is 2.51. The van der Waals surface area contributed by atoms with E-state index < -0.39 is 0 Å². The van der Waals surface area contributed by atoms with Crippen molar-refractivity contribution in [1.29, 1.82) is 0 Å². The summed E-state index contributed by atoms with van der Waals surface area (Å²) in [5, 5.41) is 16.9. The van der Waals surface area contributed by atoms with Gasteiger partial charge in [-0.3, -0.25) is 0 Å². The number of piperidine rings is 1.